The average Bonchev–Trinajstić information content (AvgIpc) is 2.24. The number of hydrogen-bond acceptors (Lipinski definition) is 4. The highest BCUT2D eigenvalue weighted by Crippen LogP contribution is 2.08. The van der Waals surface area contributed by atoms with Gasteiger partial charge in [0.2, 0.25) is 5.91 Å². The van der Waals surface area contributed by atoms with Crippen molar-refractivity contribution < 1.29 is 9.53 Å². The van der Waals surface area contributed by atoms with E-state index in [1.54, 1.807) is 13.0 Å². The highest BCUT2D eigenvalue weighted by Gasteiger charge is 2.13. The first-order chi connectivity index (χ1) is 8.01. The third kappa shape index (κ3) is 2.71. The van der Waals surface area contributed by atoms with E-state index in [2.05, 4.69) is 0 Å². The zero-order chi connectivity index (χ0) is 13.0. The molecule has 0 unspecified atom stereocenters. The average molecular weight is 235 g/mol. The predicted molar refractivity (Wildman–Crippen MR) is 60.1 cm³/mol. The summed E-state index contributed by atoms with van der Waals surface area (Å²) in [6, 6.07) is 3.47. The van der Waals surface area contributed by atoms with Crippen LogP contribution in [0.5, 0.6) is 0 Å². The Morgan fingerprint density at radius 1 is 1.65 bits per heavy atom. The molecule has 1 heterocycles. The SMILES string of the molecule is COCc1cc(C)n(CC(N)=O)c(=O)c1C#N. The smallest absolute Gasteiger partial charge is 0.269 e. The Morgan fingerprint density at radius 2 is 2.29 bits per heavy atom. The molecule has 1 aromatic heterocycles. The molecule has 0 aliphatic heterocycles. The molecule has 0 saturated carbocycles. The van der Waals surface area contributed by atoms with Gasteiger partial charge in [-0.25, -0.2) is 0 Å². The lowest BCUT2D eigenvalue weighted by Crippen LogP contribution is -2.31. The Bertz CT molecular complexity index is 540. The number of ether oxygens (including phenoxy) is 1. The van der Waals surface area contributed by atoms with Crippen molar-refractivity contribution >= 4 is 5.91 Å². The van der Waals surface area contributed by atoms with Crippen LogP contribution in [0, 0.1) is 18.3 Å². The monoisotopic (exact) mass is 235 g/mol. The van der Waals surface area contributed by atoms with Crippen LogP contribution in [0.1, 0.15) is 16.8 Å². The minimum Gasteiger partial charge on any atom is -0.380 e. The van der Waals surface area contributed by atoms with Crippen LogP contribution in [0.25, 0.3) is 0 Å². The Labute approximate surface area is 98.2 Å². The maximum absolute atomic E-state index is 11.9. The second kappa shape index (κ2) is 5.27. The van der Waals surface area contributed by atoms with Crippen LogP contribution < -0.4 is 11.3 Å². The van der Waals surface area contributed by atoms with Gasteiger partial charge in [0.05, 0.1) is 6.61 Å². The van der Waals surface area contributed by atoms with Crippen molar-refractivity contribution in [1.29, 1.82) is 5.26 Å². The highest BCUT2D eigenvalue weighted by molar-refractivity contribution is 5.73. The second-order valence-corrected chi connectivity index (χ2v) is 3.59. The summed E-state index contributed by atoms with van der Waals surface area (Å²) in [6.07, 6.45) is 0. The van der Waals surface area contributed by atoms with Crippen LogP contribution in [-0.2, 0) is 22.7 Å². The van der Waals surface area contributed by atoms with Gasteiger partial charge >= 0.3 is 0 Å². The number of methoxy groups -OCH3 is 1. The van der Waals surface area contributed by atoms with E-state index in [9.17, 15) is 9.59 Å². The Kier molecular flexibility index (Phi) is 4.01. The second-order valence-electron chi connectivity index (χ2n) is 3.59. The standard InChI is InChI=1S/C11H13N3O3/c1-7-3-8(6-17-2)9(4-12)11(16)14(7)5-10(13)15/h3H,5-6H2,1-2H3,(H2,13,15). The number of hydrogen-bond donors (Lipinski definition) is 1. The number of amides is 1. The molecule has 0 radical (unpaired) electrons. The third-order valence-corrected chi connectivity index (χ3v) is 2.31. The summed E-state index contributed by atoms with van der Waals surface area (Å²) in [5.74, 6) is -0.626. The Balaban J connectivity index is 3.42. The number of carbonyl (C=O) groups excluding carboxylic acids is 1. The third-order valence-electron chi connectivity index (χ3n) is 2.31. The molecule has 0 fully saturated rings. The van der Waals surface area contributed by atoms with Crippen LogP contribution >= 0.6 is 0 Å². The van der Waals surface area contributed by atoms with Gasteiger partial charge in [-0.15, -0.1) is 0 Å². The van der Waals surface area contributed by atoms with E-state index in [-0.39, 0.29) is 18.7 Å². The van der Waals surface area contributed by atoms with E-state index < -0.39 is 11.5 Å². The lowest BCUT2D eigenvalue weighted by Gasteiger charge is -2.11. The molecule has 6 heteroatoms. The topological polar surface area (TPSA) is 98.1 Å². The number of aryl methyl sites for hydroxylation is 1. The summed E-state index contributed by atoms with van der Waals surface area (Å²) >= 11 is 0. The van der Waals surface area contributed by atoms with Gasteiger partial charge in [0.1, 0.15) is 18.2 Å². The maximum Gasteiger partial charge on any atom is 0.269 e. The van der Waals surface area contributed by atoms with Gasteiger partial charge in [0.15, 0.2) is 0 Å². The fraction of sp³-hybridized carbons (Fsp3) is 0.364. The van der Waals surface area contributed by atoms with E-state index in [4.69, 9.17) is 15.7 Å². The predicted octanol–water partition coefficient (Wildman–Crippen LogP) is -0.340. The Hall–Kier alpha value is -2.13. The van der Waals surface area contributed by atoms with Crippen LogP contribution in [0.4, 0.5) is 0 Å². The summed E-state index contributed by atoms with van der Waals surface area (Å²) in [5.41, 5.74) is 5.60. The van der Waals surface area contributed by atoms with E-state index in [0.29, 0.717) is 11.3 Å². The molecule has 0 saturated heterocycles. The number of nitrogens with two attached hydrogens (primary N) is 1. The normalized spacial score (nSPS) is 9.94. The van der Waals surface area contributed by atoms with Crippen LogP contribution in [0.2, 0.25) is 0 Å². The van der Waals surface area contributed by atoms with Crippen molar-refractivity contribution in [2.45, 2.75) is 20.1 Å². The largest absolute Gasteiger partial charge is 0.380 e. The van der Waals surface area contributed by atoms with Gasteiger partial charge in [-0.3, -0.25) is 9.59 Å². The Morgan fingerprint density at radius 3 is 2.76 bits per heavy atom. The summed E-state index contributed by atoms with van der Waals surface area (Å²) in [7, 11) is 1.48. The molecule has 0 atom stereocenters. The number of aromatic nitrogens is 1. The zero-order valence-corrected chi connectivity index (χ0v) is 9.69. The molecule has 0 aliphatic carbocycles. The molecule has 17 heavy (non-hydrogen) atoms. The van der Waals surface area contributed by atoms with Crippen LogP contribution in [0.15, 0.2) is 10.9 Å². The lowest BCUT2D eigenvalue weighted by molar-refractivity contribution is -0.118. The molecule has 6 nitrogen and oxygen atoms in total. The summed E-state index contributed by atoms with van der Waals surface area (Å²) in [5, 5.41) is 8.94. The fourth-order valence-corrected chi connectivity index (χ4v) is 1.58. The number of carbonyl (C=O) groups is 1. The molecule has 0 spiro atoms. The van der Waals surface area contributed by atoms with Crippen molar-refractivity contribution in [3.63, 3.8) is 0 Å². The number of pyridine rings is 1. The first-order valence-electron chi connectivity index (χ1n) is 4.92. The molecule has 1 rings (SSSR count). The fourth-order valence-electron chi connectivity index (χ4n) is 1.58. The van der Waals surface area contributed by atoms with Crippen molar-refractivity contribution in [3.8, 4) is 6.07 Å². The molecule has 0 bridgehead atoms. The number of rotatable bonds is 4. The van der Waals surface area contributed by atoms with E-state index >= 15 is 0 Å². The van der Waals surface area contributed by atoms with Crippen molar-refractivity contribution in [2.75, 3.05) is 7.11 Å². The zero-order valence-electron chi connectivity index (χ0n) is 9.69. The van der Waals surface area contributed by atoms with Crippen LogP contribution in [0.3, 0.4) is 0 Å². The first-order valence-corrected chi connectivity index (χ1v) is 4.92. The number of nitriles is 1. The summed E-state index contributed by atoms with van der Waals surface area (Å²) in [6.45, 7) is 1.62. The van der Waals surface area contributed by atoms with E-state index in [1.165, 1.54) is 11.7 Å². The molecule has 1 amide bonds. The highest BCUT2D eigenvalue weighted by atomic mass is 16.5. The summed E-state index contributed by atoms with van der Waals surface area (Å²) < 4.78 is 6.09. The molecule has 0 aliphatic rings. The molecule has 90 valence electrons. The van der Waals surface area contributed by atoms with Gasteiger partial charge in [-0.05, 0) is 13.0 Å². The molecule has 2 N–H and O–H groups in total. The summed E-state index contributed by atoms with van der Waals surface area (Å²) in [4.78, 5) is 22.8. The first kappa shape index (κ1) is 12.9. The van der Waals surface area contributed by atoms with Gasteiger partial charge in [-0.2, -0.15) is 5.26 Å². The van der Waals surface area contributed by atoms with Crippen LogP contribution in [-0.4, -0.2) is 17.6 Å². The molecule has 0 aromatic carbocycles. The van der Waals surface area contributed by atoms with Gasteiger partial charge < -0.3 is 15.0 Å². The number of nitrogens with zero attached hydrogens (tertiary/aromatic N) is 2. The minimum absolute atomic E-state index is 0.0151. The lowest BCUT2D eigenvalue weighted by atomic mass is 10.1. The maximum atomic E-state index is 11.9. The van der Waals surface area contributed by atoms with E-state index in [1.807, 2.05) is 6.07 Å². The molecular weight excluding hydrogens is 222 g/mol. The van der Waals surface area contributed by atoms with Gasteiger partial charge in [0, 0.05) is 18.4 Å². The van der Waals surface area contributed by atoms with Crippen molar-refractivity contribution in [3.05, 3.63) is 33.2 Å². The van der Waals surface area contributed by atoms with Crippen molar-refractivity contribution in [2.24, 2.45) is 5.73 Å². The van der Waals surface area contributed by atoms with E-state index in [0.717, 1.165) is 0 Å². The molecular formula is C11H13N3O3. The minimum atomic E-state index is -0.626. The molecule has 1 aromatic rings. The van der Waals surface area contributed by atoms with Crippen molar-refractivity contribution in [1.82, 2.24) is 4.57 Å². The quantitative estimate of drug-likeness (QED) is 0.771. The van der Waals surface area contributed by atoms with Gasteiger partial charge in [0.25, 0.3) is 5.56 Å². The number of primary amides is 1. The van der Waals surface area contributed by atoms with Gasteiger partial charge in [-0.1, -0.05) is 0 Å².